The lowest BCUT2D eigenvalue weighted by atomic mass is 9.80. The van der Waals surface area contributed by atoms with E-state index < -0.39 is 22.8 Å². The number of carboxylic acids is 2. The lowest BCUT2D eigenvalue weighted by Gasteiger charge is -2.28. The van der Waals surface area contributed by atoms with Gasteiger partial charge in [0, 0.05) is 23.5 Å². The van der Waals surface area contributed by atoms with Gasteiger partial charge in [0.25, 0.3) is 5.69 Å². The Morgan fingerprint density at radius 2 is 1.54 bits per heavy atom. The van der Waals surface area contributed by atoms with E-state index in [1.807, 2.05) is 0 Å². The third-order valence-corrected chi connectivity index (χ3v) is 3.64. The van der Waals surface area contributed by atoms with Crippen LogP contribution in [-0.4, -0.2) is 32.6 Å². The molecule has 5 N–H and O–H groups in total. The van der Waals surface area contributed by atoms with Gasteiger partial charge in [0.15, 0.2) is 0 Å². The van der Waals surface area contributed by atoms with E-state index in [2.05, 4.69) is 5.32 Å². The molecule has 11 heteroatoms. The molecule has 1 heterocycles. The van der Waals surface area contributed by atoms with Gasteiger partial charge in [0.2, 0.25) is 0 Å². The fourth-order valence-corrected chi connectivity index (χ4v) is 2.71. The third kappa shape index (κ3) is 4.72. The molecule has 0 saturated carbocycles. The smallest absolute Gasteiger partial charge is 0.334 e. The predicted molar refractivity (Wildman–Crippen MR) is 97.8 cm³/mol. The SMILES string of the molecule is CC1=C(C(=O)O)C(c2cccc([N+](=O)[O-])c2)C(C(=O)O)=C(C)N1.Cl.Cl.O. The Morgan fingerprint density at radius 3 is 1.92 bits per heavy atom. The number of hydrogen-bond donors (Lipinski definition) is 3. The van der Waals surface area contributed by atoms with Gasteiger partial charge in [-0.15, -0.1) is 24.8 Å². The predicted octanol–water partition coefficient (Wildman–Crippen LogP) is 2.02. The monoisotopic (exact) mass is 408 g/mol. The number of nitrogens with zero attached hydrogens (tertiary/aromatic N) is 1. The van der Waals surface area contributed by atoms with Crippen LogP contribution in [0.25, 0.3) is 0 Å². The van der Waals surface area contributed by atoms with Gasteiger partial charge < -0.3 is 21.0 Å². The van der Waals surface area contributed by atoms with Crippen LogP contribution in [0, 0.1) is 10.1 Å². The molecule has 144 valence electrons. The molecule has 2 rings (SSSR count). The van der Waals surface area contributed by atoms with E-state index in [1.165, 1.54) is 38.1 Å². The minimum absolute atomic E-state index is 0. The first kappa shape index (κ1) is 25.6. The maximum absolute atomic E-state index is 11.6. The summed E-state index contributed by atoms with van der Waals surface area (Å²) in [5, 5.41) is 32.6. The van der Waals surface area contributed by atoms with Crippen LogP contribution in [0.15, 0.2) is 46.8 Å². The quantitative estimate of drug-likeness (QED) is 0.506. The normalized spacial score (nSPS) is 13.6. The van der Waals surface area contributed by atoms with E-state index >= 15 is 0 Å². The van der Waals surface area contributed by atoms with E-state index in [1.54, 1.807) is 0 Å². The standard InChI is InChI=1S/C15H14N2O6.2ClH.H2O/c1-7-11(14(18)19)13(12(15(20)21)8(2)16-7)9-4-3-5-10(6-9)17(22)23;;;/h3-6,13,16H,1-2H3,(H,18,19)(H,20,21);2*1H;1H2. The van der Waals surface area contributed by atoms with E-state index in [0.717, 1.165) is 0 Å². The fourth-order valence-electron chi connectivity index (χ4n) is 2.71. The van der Waals surface area contributed by atoms with Gasteiger partial charge in [0.1, 0.15) is 0 Å². The Bertz CT molecular complexity index is 754. The van der Waals surface area contributed by atoms with E-state index in [4.69, 9.17) is 0 Å². The van der Waals surface area contributed by atoms with Crippen molar-refractivity contribution in [1.29, 1.82) is 0 Å². The topological polar surface area (TPSA) is 161 Å². The van der Waals surface area contributed by atoms with Crippen LogP contribution in [0.5, 0.6) is 0 Å². The molecular formula is C15H18Cl2N2O7. The Labute approximate surface area is 160 Å². The Hall–Kier alpha value is -2.62. The molecular weight excluding hydrogens is 391 g/mol. The Balaban J connectivity index is 0. The number of non-ortho nitro benzene ring substituents is 1. The van der Waals surface area contributed by atoms with Gasteiger partial charge in [-0.25, -0.2) is 9.59 Å². The average molecular weight is 409 g/mol. The second-order valence-corrected chi connectivity index (χ2v) is 5.10. The largest absolute Gasteiger partial charge is 0.478 e. The number of rotatable bonds is 4. The lowest BCUT2D eigenvalue weighted by molar-refractivity contribution is -0.384. The highest BCUT2D eigenvalue weighted by Gasteiger charge is 2.36. The number of carboxylic acid groups (broad SMARTS) is 2. The first-order valence-electron chi connectivity index (χ1n) is 6.63. The summed E-state index contributed by atoms with van der Waals surface area (Å²) < 4.78 is 0. The number of carbonyl (C=O) groups is 2. The molecule has 0 amide bonds. The van der Waals surface area contributed by atoms with Crippen molar-refractivity contribution in [3.63, 3.8) is 0 Å². The molecule has 26 heavy (non-hydrogen) atoms. The lowest BCUT2D eigenvalue weighted by Crippen LogP contribution is -2.31. The van der Waals surface area contributed by atoms with Gasteiger partial charge in [-0.3, -0.25) is 10.1 Å². The fraction of sp³-hybridized carbons (Fsp3) is 0.200. The van der Waals surface area contributed by atoms with Crippen molar-refractivity contribution < 1.29 is 30.2 Å². The second kappa shape index (κ2) is 9.76. The van der Waals surface area contributed by atoms with Crippen LogP contribution in [0.1, 0.15) is 25.3 Å². The van der Waals surface area contributed by atoms with Crippen molar-refractivity contribution in [2.24, 2.45) is 0 Å². The van der Waals surface area contributed by atoms with E-state index in [9.17, 15) is 29.9 Å². The number of nitro groups is 1. The zero-order chi connectivity index (χ0) is 17.3. The van der Waals surface area contributed by atoms with Crippen molar-refractivity contribution in [1.82, 2.24) is 5.32 Å². The van der Waals surface area contributed by atoms with Crippen molar-refractivity contribution in [2.45, 2.75) is 19.8 Å². The second-order valence-electron chi connectivity index (χ2n) is 5.10. The minimum atomic E-state index is -1.28. The van der Waals surface area contributed by atoms with Gasteiger partial charge >= 0.3 is 11.9 Å². The van der Waals surface area contributed by atoms with Crippen molar-refractivity contribution in [3.05, 3.63) is 62.5 Å². The van der Waals surface area contributed by atoms with Gasteiger partial charge in [0.05, 0.1) is 22.0 Å². The molecule has 1 aliphatic rings. The number of nitrogens with one attached hydrogen (secondary N) is 1. The average Bonchev–Trinajstić information content (AvgIpc) is 2.45. The summed E-state index contributed by atoms with van der Waals surface area (Å²) in [4.78, 5) is 33.5. The Morgan fingerprint density at radius 1 is 1.08 bits per heavy atom. The van der Waals surface area contributed by atoms with Crippen LogP contribution in [0.4, 0.5) is 5.69 Å². The summed E-state index contributed by atoms with van der Waals surface area (Å²) in [6.07, 6.45) is 0. The summed E-state index contributed by atoms with van der Waals surface area (Å²) in [7, 11) is 0. The van der Waals surface area contributed by atoms with Crippen LogP contribution in [0.3, 0.4) is 0 Å². The third-order valence-electron chi connectivity index (χ3n) is 3.64. The van der Waals surface area contributed by atoms with Crippen molar-refractivity contribution >= 4 is 42.4 Å². The summed E-state index contributed by atoms with van der Waals surface area (Å²) in [6, 6.07) is 5.34. The van der Waals surface area contributed by atoms with Crippen molar-refractivity contribution in [2.75, 3.05) is 0 Å². The zero-order valence-electron chi connectivity index (χ0n) is 13.7. The number of nitro benzene ring substituents is 1. The minimum Gasteiger partial charge on any atom is -0.478 e. The molecule has 0 aliphatic carbocycles. The maximum atomic E-state index is 11.6. The van der Waals surface area contributed by atoms with Gasteiger partial charge in [-0.05, 0) is 19.4 Å². The maximum Gasteiger partial charge on any atom is 0.334 e. The highest BCUT2D eigenvalue weighted by atomic mass is 35.5. The zero-order valence-corrected chi connectivity index (χ0v) is 15.3. The number of allylic oxidation sites excluding steroid dienone is 2. The van der Waals surface area contributed by atoms with Crippen molar-refractivity contribution in [3.8, 4) is 0 Å². The molecule has 0 aromatic heterocycles. The number of aliphatic carboxylic acids is 2. The Kier molecular flexibility index (Phi) is 9.61. The molecule has 0 atom stereocenters. The van der Waals surface area contributed by atoms with Gasteiger partial charge in [-0.2, -0.15) is 0 Å². The molecule has 1 aromatic rings. The number of halogens is 2. The molecule has 0 bridgehead atoms. The highest BCUT2D eigenvalue weighted by molar-refractivity contribution is 5.98. The molecule has 0 unspecified atom stereocenters. The van der Waals surface area contributed by atoms with Crippen LogP contribution < -0.4 is 5.32 Å². The first-order chi connectivity index (χ1) is 10.7. The summed E-state index contributed by atoms with van der Waals surface area (Å²) in [5.74, 6) is -3.65. The molecule has 1 aromatic carbocycles. The number of dihydropyridines is 1. The summed E-state index contributed by atoms with van der Waals surface area (Å²) in [5.41, 5.74) is 0.329. The van der Waals surface area contributed by atoms with Crippen LogP contribution in [0.2, 0.25) is 0 Å². The molecule has 0 radical (unpaired) electrons. The molecule has 0 saturated heterocycles. The highest BCUT2D eigenvalue weighted by Crippen LogP contribution is 2.39. The number of hydrogen-bond acceptors (Lipinski definition) is 5. The molecule has 1 aliphatic heterocycles. The van der Waals surface area contributed by atoms with Gasteiger partial charge in [-0.1, -0.05) is 12.1 Å². The number of benzene rings is 1. The van der Waals surface area contributed by atoms with Crippen LogP contribution in [-0.2, 0) is 9.59 Å². The molecule has 9 nitrogen and oxygen atoms in total. The molecule has 0 spiro atoms. The summed E-state index contributed by atoms with van der Waals surface area (Å²) >= 11 is 0. The van der Waals surface area contributed by atoms with E-state index in [-0.39, 0.29) is 52.7 Å². The van der Waals surface area contributed by atoms with E-state index in [0.29, 0.717) is 11.4 Å². The molecule has 0 fully saturated rings. The van der Waals surface area contributed by atoms with Crippen LogP contribution >= 0.6 is 24.8 Å². The summed E-state index contributed by atoms with van der Waals surface area (Å²) in [6.45, 7) is 3.05. The first-order valence-corrected chi connectivity index (χ1v) is 6.63.